The number of nitrogens with zero attached hydrogens (tertiary/aromatic N) is 1. The van der Waals surface area contributed by atoms with Crippen LogP contribution in [0.15, 0.2) is 30.3 Å². The van der Waals surface area contributed by atoms with Gasteiger partial charge in [-0.2, -0.15) is 0 Å². The standard InChI is InChI=1S/C16H21N3O4.CH2O2/c1-11(14(17)22)18-15(23)16(7-12-5-3-2-4-6-12)9-19(10-16)13(21)8-20;2-1-3/h2-6,11,20H,7-10H2,1H3,(H2,17,22)(H,18,23);1H,(H,2,3)/t11-;/m0./s1. The van der Waals surface area contributed by atoms with Gasteiger partial charge in [0.2, 0.25) is 17.7 Å². The summed E-state index contributed by atoms with van der Waals surface area (Å²) in [5, 5.41) is 18.4. The van der Waals surface area contributed by atoms with E-state index in [-0.39, 0.29) is 25.5 Å². The normalized spacial score (nSPS) is 15.5. The number of carbonyl (C=O) groups is 4. The molecule has 1 atom stereocenters. The molecule has 9 nitrogen and oxygen atoms in total. The topological polar surface area (TPSA) is 150 Å². The lowest BCUT2D eigenvalue weighted by Gasteiger charge is -2.49. The average Bonchev–Trinajstić information content (AvgIpc) is 2.58. The Balaban J connectivity index is 0.00000105. The fourth-order valence-corrected chi connectivity index (χ4v) is 2.70. The van der Waals surface area contributed by atoms with Crippen LogP contribution in [0.25, 0.3) is 0 Å². The van der Waals surface area contributed by atoms with Crippen molar-refractivity contribution in [3.63, 3.8) is 0 Å². The van der Waals surface area contributed by atoms with E-state index in [1.54, 1.807) is 0 Å². The summed E-state index contributed by atoms with van der Waals surface area (Å²) in [5.74, 6) is -1.34. The molecule has 1 aliphatic rings. The molecule has 3 amide bonds. The molecule has 1 aromatic rings. The van der Waals surface area contributed by atoms with E-state index >= 15 is 0 Å². The van der Waals surface area contributed by atoms with E-state index in [9.17, 15) is 14.4 Å². The van der Waals surface area contributed by atoms with Crippen molar-refractivity contribution in [2.45, 2.75) is 19.4 Å². The van der Waals surface area contributed by atoms with Crippen molar-refractivity contribution in [2.24, 2.45) is 11.1 Å². The zero-order valence-corrected chi connectivity index (χ0v) is 14.4. The molecule has 0 bridgehead atoms. The van der Waals surface area contributed by atoms with Crippen molar-refractivity contribution in [3.8, 4) is 0 Å². The van der Waals surface area contributed by atoms with E-state index in [4.69, 9.17) is 20.7 Å². The maximum Gasteiger partial charge on any atom is 0.290 e. The number of nitrogens with two attached hydrogens (primary N) is 1. The molecular formula is C17H23N3O6. The van der Waals surface area contributed by atoms with Crippen molar-refractivity contribution in [1.82, 2.24) is 10.2 Å². The number of aliphatic hydroxyl groups excluding tert-OH is 1. The molecule has 142 valence electrons. The zero-order valence-electron chi connectivity index (χ0n) is 14.4. The summed E-state index contributed by atoms with van der Waals surface area (Å²) in [6.07, 6.45) is 0.445. The average molecular weight is 365 g/mol. The summed E-state index contributed by atoms with van der Waals surface area (Å²) < 4.78 is 0. The van der Waals surface area contributed by atoms with E-state index in [1.165, 1.54) is 11.8 Å². The Bertz CT molecular complexity index is 643. The summed E-state index contributed by atoms with van der Waals surface area (Å²) in [7, 11) is 0. The Morgan fingerprint density at radius 3 is 2.31 bits per heavy atom. The van der Waals surface area contributed by atoms with Crippen LogP contribution in [0.3, 0.4) is 0 Å². The van der Waals surface area contributed by atoms with Gasteiger partial charge in [-0.15, -0.1) is 0 Å². The van der Waals surface area contributed by atoms with Gasteiger partial charge in [0.25, 0.3) is 6.47 Å². The SMILES string of the molecule is C[C@H](NC(=O)C1(Cc2ccccc2)CN(C(=O)CO)C1)C(N)=O.O=CO. The summed E-state index contributed by atoms with van der Waals surface area (Å²) >= 11 is 0. The van der Waals surface area contributed by atoms with Crippen LogP contribution in [-0.4, -0.2) is 65.0 Å². The molecule has 0 saturated carbocycles. The molecule has 0 radical (unpaired) electrons. The quantitative estimate of drug-likeness (QED) is 0.462. The van der Waals surface area contributed by atoms with Crippen LogP contribution in [-0.2, 0) is 25.6 Å². The third-order valence-electron chi connectivity index (χ3n) is 4.12. The van der Waals surface area contributed by atoms with Gasteiger partial charge in [0.1, 0.15) is 12.6 Å². The number of aliphatic hydroxyl groups is 1. The predicted molar refractivity (Wildman–Crippen MR) is 91.7 cm³/mol. The first kappa shape index (κ1) is 21.1. The van der Waals surface area contributed by atoms with Crippen LogP contribution >= 0.6 is 0 Å². The number of likely N-dealkylation sites (tertiary alicyclic amines) is 1. The van der Waals surface area contributed by atoms with Gasteiger partial charge in [0, 0.05) is 13.1 Å². The number of nitrogens with one attached hydrogen (secondary N) is 1. The smallest absolute Gasteiger partial charge is 0.290 e. The Morgan fingerprint density at radius 2 is 1.85 bits per heavy atom. The van der Waals surface area contributed by atoms with Crippen LogP contribution in [0, 0.1) is 5.41 Å². The van der Waals surface area contributed by atoms with Crippen LogP contribution < -0.4 is 11.1 Å². The number of benzene rings is 1. The summed E-state index contributed by atoms with van der Waals surface area (Å²) in [5.41, 5.74) is 5.34. The minimum absolute atomic E-state index is 0.207. The van der Waals surface area contributed by atoms with E-state index in [0.29, 0.717) is 6.42 Å². The Hall–Kier alpha value is -2.94. The Kier molecular flexibility index (Phi) is 7.73. The fraction of sp³-hybridized carbons (Fsp3) is 0.412. The summed E-state index contributed by atoms with van der Waals surface area (Å²) in [6, 6.07) is 8.67. The molecule has 26 heavy (non-hydrogen) atoms. The monoisotopic (exact) mass is 365 g/mol. The molecule has 2 rings (SSSR count). The van der Waals surface area contributed by atoms with E-state index in [1.807, 2.05) is 30.3 Å². The first-order valence-corrected chi connectivity index (χ1v) is 7.90. The maximum atomic E-state index is 12.6. The fourth-order valence-electron chi connectivity index (χ4n) is 2.70. The maximum absolute atomic E-state index is 12.6. The summed E-state index contributed by atoms with van der Waals surface area (Å²) in [4.78, 5) is 45.1. The van der Waals surface area contributed by atoms with E-state index in [0.717, 1.165) is 5.56 Å². The highest BCUT2D eigenvalue weighted by molar-refractivity contribution is 5.92. The molecule has 1 aromatic carbocycles. The highest BCUT2D eigenvalue weighted by Crippen LogP contribution is 2.34. The lowest BCUT2D eigenvalue weighted by molar-refractivity contribution is -0.156. The molecule has 0 aromatic heterocycles. The number of hydrogen-bond donors (Lipinski definition) is 4. The molecule has 0 unspecified atom stereocenters. The second-order valence-corrected chi connectivity index (χ2v) is 6.05. The molecule has 5 N–H and O–H groups in total. The van der Waals surface area contributed by atoms with Gasteiger partial charge in [-0.25, -0.2) is 0 Å². The third kappa shape index (κ3) is 5.28. The van der Waals surface area contributed by atoms with Gasteiger partial charge in [-0.3, -0.25) is 19.2 Å². The second-order valence-electron chi connectivity index (χ2n) is 6.05. The number of rotatable bonds is 6. The molecule has 1 fully saturated rings. The van der Waals surface area contributed by atoms with Crippen molar-refractivity contribution in [2.75, 3.05) is 19.7 Å². The highest BCUT2D eigenvalue weighted by Gasteiger charge is 2.51. The minimum Gasteiger partial charge on any atom is -0.483 e. The Morgan fingerprint density at radius 1 is 1.31 bits per heavy atom. The van der Waals surface area contributed by atoms with Gasteiger partial charge in [0.05, 0.1) is 5.41 Å². The lowest BCUT2D eigenvalue weighted by Crippen LogP contribution is -2.67. The summed E-state index contributed by atoms with van der Waals surface area (Å²) in [6.45, 7) is 1.10. The molecule has 0 aliphatic carbocycles. The van der Waals surface area contributed by atoms with Gasteiger partial charge in [-0.1, -0.05) is 30.3 Å². The van der Waals surface area contributed by atoms with Crippen molar-refractivity contribution in [1.29, 1.82) is 0 Å². The molecule has 1 heterocycles. The van der Waals surface area contributed by atoms with E-state index < -0.39 is 29.9 Å². The highest BCUT2D eigenvalue weighted by atomic mass is 16.3. The van der Waals surface area contributed by atoms with Crippen molar-refractivity contribution >= 4 is 24.2 Å². The molecular weight excluding hydrogens is 342 g/mol. The molecule has 1 aliphatic heterocycles. The first-order chi connectivity index (χ1) is 12.3. The van der Waals surface area contributed by atoms with Gasteiger partial charge in [-0.05, 0) is 18.9 Å². The minimum atomic E-state index is -0.810. The number of amides is 3. The number of primary amides is 1. The number of carbonyl (C=O) groups excluding carboxylic acids is 3. The third-order valence-corrected chi connectivity index (χ3v) is 4.12. The van der Waals surface area contributed by atoms with Crippen LogP contribution in [0.2, 0.25) is 0 Å². The van der Waals surface area contributed by atoms with Crippen LogP contribution in [0.5, 0.6) is 0 Å². The second kappa shape index (κ2) is 9.52. The van der Waals surface area contributed by atoms with Crippen molar-refractivity contribution in [3.05, 3.63) is 35.9 Å². The van der Waals surface area contributed by atoms with Crippen molar-refractivity contribution < 1.29 is 29.4 Å². The molecule has 0 spiro atoms. The molecule has 1 saturated heterocycles. The van der Waals surface area contributed by atoms with Gasteiger partial charge in [0.15, 0.2) is 0 Å². The molecule has 9 heteroatoms. The number of carboxylic acid groups (broad SMARTS) is 1. The van der Waals surface area contributed by atoms with E-state index in [2.05, 4.69) is 5.32 Å². The lowest BCUT2D eigenvalue weighted by atomic mass is 9.73. The Labute approximate surface area is 150 Å². The zero-order chi connectivity index (χ0) is 19.7. The van der Waals surface area contributed by atoms with Gasteiger partial charge < -0.3 is 26.2 Å². The predicted octanol–water partition coefficient (Wildman–Crippen LogP) is -1.26. The van der Waals surface area contributed by atoms with Gasteiger partial charge >= 0.3 is 0 Å². The largest absolute Gasteiger partial charge is 0.483 e. The number of hydrogen-bond acceptors (Lipinski definition) is 5. The van der Waals surface area contributed by atoms with Crippen LogP contribution in [0.1, 0.15) is 12.5 Å². The van der Waals surface area contributed by atoms with Crippen LogP contribution in [0.4, 0.5) is 0 Å². The first-order valence-electron chi connectivity index (χ1n) is 7.90.